The van der Waals surface area contributed by atoms with Crippen LogP contribution in [0.5, 0.6) is 5.75 Å². The Morgan fingerprint density at radius 1 is 1.17 bits per heavy atom. The average Bonchev–Trinajstić information content (AvgIpc) is 2.31. The van der Waals surface area contributed by atoms with Gasteiger partial charge in [-0.1, -0.05) is 6.07 Å². The normalized spacial score (nSPS) is 11.9. The van der Waals surface area contributed by atoms with Gasteiger partial charge in [0.1, 0.15) is 5.75 Å². The highest BCUT2D eigenvalue weighted by Gasteiger charge is 2.12. The second-order valence-electron chi connectivity index (χ2n) is 4.16. The molecule has 0 atom stereocenters. The van der Waals surface area contributed by atoms with Gasteiger partial charge in [0.25, 0.3) is 0 Å². The lowest BCUT2D eigenvalue weighted by Gasteiger charge is -2.08. The maximum absolute atomic E-state index is 10.8. The lowest BCUT2D eigenvalue weighted by Crippen LogP contribution is -1.93. The Balaban J connectivity index is 2.24. The van der Waals surface area contributed by atoms with Crippen molar-refractivity contribution in [1.29, 1.82) is 0 Å². The third-order valence-electron chi connectivity index (χ3n) is 2.78. The number of phenols is 1. The van der Waals surface area contributed by atoms with Crippen molar-refractivity contribution in [2.75, 3.05) is 6.16 Å². The summed E-state index contributed by atoms with van der Waals surface area (Å²) >= 11 is 0. The number of hydrogen-bond donors (Lipinski definition) is 3. The van der Waals surface area contributed by atoms with Crippen molar-refractivity contribution in [3.8, 4) is 5.75 Å². The maximum Gasteiger partial charge on any atom is 0.325 e. The molecule has 1 heterocycles. The lowest BCUT2D eigenvalue weighted by molar-refractivity contribution is 0.371. The number of aromatic nitrogens is 1. The zero-order valence-electron chi connectivity index (χ0n) is 9.65. The van der Waals surface area contributed by atoms with Crippen molar-refractivity contribution >= 4 is 18.4 Å². The largest absolute Gasteiger partial charge is 0.507 e. The fraction of sp³-hybridized carbons (Fsp3) is 0.250. The van der Waals surface area contributed by atoms with Crippen LogP contribution < -0.4 is 0 Å². The van der Waals surface area contributed by atoms with E-state index in [9.17, 15) is 9.67 Å². The Morgan fingerprint density at radius 3 is 2.67 bits per heavy atom. The lowest BCUT2D eigenvalue weighted by atomic mass is 10.0. The minimum atomic E-state index is -3.94. The molecular formula is C12H14NO4P. The molecule has 0 saturated heterocycles. The van der Waals surface area contributed by atoms with Crippen LogP contribution in [0.15, 0.2) is 30.6 Å². The van der Waals surface area contributed by atoms with Crippen LogP contribution in [-0.2, 0) is 11.0 Å². The van der Waals surface area contributed by atoms with Crippen molar-refractivity contribution in [3.05, 3.63) is 36.2 Å². The number of fused-ring (bicyclic) bond motifs is 1. The van der Waals surface area contributed by atoms with Crippen LogP contribution in [0.4, 0.5) is 0 Å². The minimum absolute atomic E-state index is 0.129. The topological polar surface area (TPSA) is 90.7 Å². The molecule has 2 rings (SSSR count). The quantitative estimate of drug-likeness (QED) is 0.737. The van der Waals surface area contributed by atoms with Gasteiger partial charge < -0.3 is 14.9 Å². The van der Waals surface area contributed by atoms with Gasteiger partial charge in [-0.05, 0) is 30.5 Å². The van der Waals surface area contributed by atoms with Crippen molar-refractivity contribution < 1.29 is 19.5 Å². The van der Waals surface area contributed by atoms with Crippen LogP contribution in [-0.4, -0.2) is 26.0 Å². The average molecular weight is 267 g/mol. The first-order valence-electron chi connectivity index (χ1n) is 5.56. The number of pyridine rings is 1. The molecule has 2 aromatic rings. The second kappa shape index (κ2) is 5.06. The van der Waals surface area contributed by atoms with Gasteiger partial charge in [-0.25, -0.2) is 0 Å². The summed E-state index contributed by atoms with van der Waals surface area (Å²) in [5.41, 5.74) is 0.935. The van der Waals surface area contributed by atoms with Crippen molar-refractivity contribution in [2.45, 2.75) is 12.8 Å². The summed E-state index contributed by atoms with van der Waals surface area (Å²) in [6.45, 7) is 0. The molecule has 0 fully saturated rings. The van der Waals surface area contributed by atoms with Crippen LogP contribution in [0.1, 0.15) is 12.0 Å². The van der Waals surface area contributed by atoms with Crippen molar-refractivity contribution in [3.63, 3.8) is 0 Å². The zero-order chi connectivity index (χ0) is 13.2. The molecule has 0 saturated carbocycles. The summed E-state index contributed by atoms with van der Waals surface area (Å²) in [6, 6.07) is 5.07. The first-order valence-corrected chi connectivity index (χ1v) is 7.36. The van der Waals surface area contributed by atoms with Crippen molar-refractivity contribution in [1.82, 2.24) is 4.98 Å². The number of phenolic OH excluding ortho intramolecular Hbond substituents is 1. The van der Waals surface area contributed by atoms with Crippen LogP contribution in [0, 0.1) is 0 Å². The molecule has 5 nitrogen and oxygen atoms in total. The standard InChI is InChI=1S/C12H14NO4P/c14-12-4-3-9(2-1-7-18(15,16)17)11-8-13-6-5-10(11)12/h3-6,8,14H,1-2,7H2,(H2,15,16,17). The predicted octanol–water partition coefficient (Wildman–Crippen LogP) is 2.05. The summed E-state index contributed by atoms with van der Waals surface area (Å²) in [4.78, 5) is 21.6. The van der Waals surface area contributed by atoms with Gasteiger partial charge in [-0.3, -0.25) is 9.55 Å². The van der Waals surface area contributed by atoms with Crippen LogP contribution in [0.2, 0.25) is 0 Å². The fourth-order valence-corrected chi connectivity index (χ4v) is 2.50. The molecule has 0 radical (unpaired) electrons. The summed E-state index contributed by atoms with van der Waals surface area (Å²) in [7, 11) is -3.94. The van der Waals surface area contributed by atoms with Gasteiger partial charge in [-0.2, -0.15) is 0 Å². The van der Waals surface area contributed by atoms with Gasteiger partial charge in [0.15, 0.2) is 0 Å². The molecule has 0 amide bonds. The predicted molar refractivity (Wildman–Crippen MR) is 68.6 cm³/mol. The van der Waals surface area contributed by atoms with Gasteiger partial charge >= 0.3 is 7.60 Å². The van der Waals surface area contributed by atoms with E-state index in [1.54, 1.807) is 30.6 Å². The highest BCUT2D eigenvalue weighted by atomic mass is 31.2. The van der Waals surface area contributed by atoms with Crippen LogP contribution in [0.3, 0.4) is 0 Å². The molecule has 0 aliphatic rings. The van der Waals surface area contributed by atoms with Crippen LogP contribution >= 0.6 is 7.60 Å². The first kappa shape index (κ1) is 13.0. The number of aromatic hydroxyl groups is 1. The van der Waals surface area contributed by atoms with Gasteiger partial charge in [0, 0.05) is 23.2 Å². The monoisotopic (exact) mass is 267 g/mol. The van der Waals surface area contributed by atoms with E-state index in [4.69, 9.17) is 9.79 Å². The number of rotatable bonds is 4. The molecule has 0 aliphatic heterocycles. The van der Waals surface area contributed by atoms with Gasteiger partial charge in [0.2, 0.25) is 0 Å². The number of benzene rings is 1. The summed E-state index contributed by atoms with van der Waals surface area (Å²) in [5.74, 6) is 0.186. The molecule has 1 aromatic heterocycles. The van der Waals surface area contributed by atoms with E-state index in [1.807, 2.05) is 0 Å². The fourth-order valence-electron chi connectivity index (χ4n) is 1.93. The Labute approximate surface area is 104 Å². The maximum atomic E-state index is 10.8. The highest BCUT2D eigenvalue weighted by Crippen LogP contribution is 2.36. The third-order valence-corrected chi connectivity index (χ3v) is 3.68. The molecule has 1 aromatic carbocycles. The summed E-state index contributed by atoms with van der Waals surface area (Å²) < 4.78 is 10.8. The smallest absolute Gasteiger partial charge is 0.325 e. The van der Waals surface area contributed by atoms with Crippen molar-refractivity contribution in [2.24, 2.45) is 0 Å². The van der Waals surface area contributed by atoms with E-state index in [1.165, 1.54) is 0 Å². The van der Waals surface area contributed by atoms with Gasteiger partial charge in [0.05, 0.1) is 6.16 Å². The Hall–Kier alpha value is -1.42. The number of hydrogen-bond acceptors (Lipinski definition) is 3. The molecule has 6 heteroatoms. The molecule has 0 aliphatic carbocycles. The first-order chi connectivity index (χ1) is 8.47. The molecule has 3 N–H and O–H groups in total. The van der Waals surface area contributed by atoms with E-state index in [2.05, 4.69) is 4.98 Å². The van der Waals surface area contributed by atoms with Gasteiger partial charge in [-0.15, -0.1) is 0 Å². The zero-order valence-corrected chi connectivity index (χ0v) is 10.5. The number of nitrogens with zero attached hydrogens (tertiary/aromatic N) is 1. The Kier molecular flexibility index (Phi) is 3.66. The Morgan fingerprint density at radius 2 is 1.94 bits per heavy atom. The SMILES string of the molecule is O=P(O)(O)CCCc1ccc(O)c2ccncc12. The van der Waals surface area contributed by atoms with E-state index in [0.29, 0.717) is 18.2 Å². The third kappa shape index (κ3) is 3.07. The summed E-state index contributed by atoms with van der Waals surface area (Å²) in [6.07, 6.45) is 4.08. The van der Waals surface area contributed by atoms with E-state index in [0.717, 1.165) is 10.9 Å². The van der Waals surface area contributed by atoms with Crippen LogP contribution in [0.25, 0.3) is 10.8 Å². The summed E-state index contributed by atoms with van der Waals surface area (Å²) in [5, 5.41) is 11.2. The molecular weight excluding hydrogens is 253 g/mol. The molecule has 0 unspecified atom stereocenters. The molecule has 96 valence electrons. The van der Waals surface area contributed by atoms with E-state index in [-0.39, 0.29) is 11.9 Å². The number of aryl methyl sites for hydroxylation is 1. The molecule has 0 spiro atoms. The highest BCUT2D eigenvalue weighted by molar-refractivity contribution is 7.51. The Bertz CT molecular complexity index is 608. The van der Waals surface area contributed by atoms with E-state index >= 15 is 0 Å². The second-order valence-corrected chi connectivity index (χ2v) is 5.93. The van der Waals surface area contributed by atoms with E-state index < -0.39 is 7.60 Å². The molecule has 18 heavy (non-hydrogen) atoms. The minimum Gasteiger partial charge on any atom is -0.507 e. The molecule has 0 bridgehead atoms.